The van der Waals surface area contributed by atoms with Gasteiger partial charge in [-0.05, 0) is 24.3 Å². The largest absolute Gasteiger partial charge is 0.391 e. The molecule has 0 aliphatic heterocycles. The number of aromatic amines is 1. The summed E-state index contributed by atoms with van der Waals surface area (Å²) >= 11 is 17.7. The second kappa shape index (κ2) is 7.74. The van der Waals surface area contributed by atoms with Crippen molar-refractivity contribution in [3.8, 4) is 5.82 Å². The number of aromatic nitrogens is 3. The molecule has 2 heterocycles. The molecule has 25 heavy (non-hydrogen) atoms. The molecule has 1 aromatic carbocycles. The molecule has 0 bridgehead atoms. The first-order valence-electron chi connectivity index (χ1n) is 7.07. The number of rotatable bonds is 5. The van der Waals surface area contributed by atoms with E-state index < -0.39 is 0 Å². The molecule has 128 valence electrons. The zero-order valence-corrected chi connectivity index (χ0v) is 14.9. The maximum absolute atomic E-state index is 12.3. The van der Waals surface area contributed by atoms with Crippen LogP contribution in [-0.2, 0) is 11.4 Å². The van der Waals surface area contributed by atoms with Crippen molar-refractivity contribution in [3.05, 3.63) is 79.3 Å². The summed E-state index contributed by atoms with van der Waals surface area (Å²) < 4.78 is 1.25. The summed E-state index contributed by atoms with van der Waals surface area (Å²) in [5.74, 6) is 0.381. The van der Waals surface area contributed by atoms with Gasteiger partial charge in [0.25, 0.3) is 5.56 Å². The summed E-state index contributed by atoms with van der Waals surface area (Å²) in [5, 5.41) is 7.90. The predicted molar refractivity (Wildman–Crippen MR) is 98.0 cm³/mol. The summed E-state index contributed by atoms with van der Waals surface area (Å²) in [7, 11) is 0. The Balaban J connectivity index is 1.69. The van der Waals surface area contributed by atoms with Gasteiger partial charge in [-0.1, -0.05) is 52.1 Å². The molecule has 6 nitrogen and oxygen atoms in total. The van der Waals surface area contributed by atoms with Gasteiger partial charge in [0.05, 0.1) is 11.8 Å². The first kappa shape index (κ1) is 17.5. The van der Waals surface area contributed by atoms with Gasteiger partial charge in [-0.25, -0.2) is 9.67 Å². The highest BCUT2D eigenvalue weighted by molar-refractivity contribution is 6.35. The zero-order chi connectivity index (χ0) is 17.8. The van der Waals surface area contributed by atoms with Crippen molar-refractivity contribution < 1.29 is 4.84 Å². The predicted octanol–water partition coefficient (Wildman–Crippen LogP) is 4.07. The van der Waals surface area contributed by atoms with Crippen molar-refractivity contribution in [1.82, 2.24) is 14.8 Å². The number of nitrogens with zero attached hydrogens (tertiary/aromatic N) is 3. The van der Waals surface area contributed by atoms with Crippen LogP contribution in [0.15, 0.2) is 52.5 Å². The fourth-order valence-corrected chi connectivity index (χ4v) is 2.63. The molecule has 0 saturated carbocycles. The van der Waals surface area contributed by atoms with Gasteiger partial charge in [-0.15, -0.1) is 0 Å². The Morgan fingerprint density at radius 1 is 1.24 bits per heavy atom. The van der Waals surface area contributed by atoms with Crippen molar-refractivity contribution in [1.29, 1.82) is 0 Å². The molecule has 0 amide bonds. The van der Waals surface area contributed by atoms with Gasteiger partial charge in [0.15, 0.2) is 5.82 Å². The number of benzene rings is 1. The Morgan fingerprint density at radius 3 is 2.84 bits per heavy atom. The van der Waals surface area contributed by atoms with Crippen LogP contribution >= 0.6 is 34.8 Å². The third-order valence-corrected chi connectivity index (χ3v) is 4.03. The summed E-state index contributed by atoms with van der Waals surface area (Å²) in [6.45, 7) is 0.154. The van der Waals surface area contributed by atoms with Gasteiger partial charge in [-0.2, -0.15) is 0 Å². The lowest BCUT2D eigenvalue weighted by atomic mass is 10.2. The second-order valence-corrected chi connectivity index (χ2v) is 6.16. The topological polar surface area (TPSA) is 72.3 Å². The van der Waals surface area contributed by atoms with E-state index in [1.54, 1.807) is 36.4 Å². The fourth-order valence-electron chi connectivity index (χ4n) is 2.01. The molecule has 0 atom stereocenters. The first-order valence-corrected chi connectivity index (χ1v) is 8.20. The molecule has 0 aliphatic rings. The molecule has 3 rings (SSSR count). The Labute approximate surface area is 157 Å². The number of oxime groups is 1. The number of pyridine rings is 1. The molecule has 0 unspecified atom stereocenters. The van der Waals surface area contributed by atoms with E-state index in [1.807, 2.05) is 0 Å². The van der Waals surface area contributed by atoms with E-state index in [4.69, 9.17) is 39.6 Å². The van der Waals surface area contributed by atoms with Crippen LogP contribution in [0.4, 0.5) is 0 Å². The smallest absolute Gasteiger partial charge is 0.281 e. The SMILES string of the molecule is O=c1c(/C=N/OCc2ccc(Cl)cc2Cl)c[nH]n1-c1cccc(Cl)n1. The highest BCUT2D eigenvalue weighted by Gasteiger charge is 2.08. The first-order chi connectivity index (χ1) is 12.0. The van der Waals surface area contributed by atoms with Gasteiger partial charge in [-0.3, -0.25) is 9.89 Å². The van der Waals surface area contributed by atoms with Crippen LogP contribution in [0.5, 0.6) is 0 Å². The van der Waals surface area contributed by atoms with Gasteiger partial charge in [0, 0.05) is 21.8 Å². The van der Waals surface area contributed by atoms with Crippen LogP contribution in [0.3, 0.4) is 0 Å². The second-order valence-electron chi connectivity index (χ2n) is 4.93. The maximum Gasteiger partial charge on any atom is 0.281 e. The fraction of sp³-hybridized carbons (Fsp3) is 0.0625. The Morgan fingerprint density at radius 2 is 2.08 bits per heavy atom. The molecule has 3 aromatic rings. The highest BCUT2D eigenvalue weighted by Crippen LogP contribution is 2.21. The van der Waals surface area contributed by atoms with Crippen LogP contribution in [0.25, 0.3) is 5.82 Å². The summed E-state index contributed by atoms with van der Waals surface area (Å²) in [6, 6.07) is 10.0. The third kappa shape index (κ3) is 4.22. The highest BCUT2D eigenvalue weighted by atomic mass is 35.5. The lowest BCUT2D eigenvalue weighted by Crippen LogP contribution is -2.18. The van der Waals surface area contributed by atoms with Crippen molar-refractivity contribution in [2.45, 2.75) is 6.61 Å². The average molecular weight is 398 g/mol. The molecule has 0 saturated heterocycles. The number of H-pyrrole nitrogens is 1. The maximum atomic E-state index is 12.3. The normalized spacial score (nSPS) is 11.2. The van der Waals surface area contributed by atoms with Gasteiger partial charge < -0.3 is 4.84 Å². The molecule has 0 spiro atoms. The van der Waals surface area contributed by atoms with Crippen molar-refractivity contribution in [2.24, 2.45) is 5.16 Å². The van der Waals surface area contributed by atoms with Crippen LogP contribution in [0, 0.1) is 0 Å². The Kier molecular flexibility index (Phi) is 5.43. The standard InChI is InChI=1S/C16H11Cl3N4O2/c17-12-5-4-10(13(18)6-12)9-25-21-8-11-7-20-23(16(11)24)15-3-1-2-14(19)22-15/h1-8,20H,9H2/b21-8+. The average Bonchev–Trinajstić information content (AvgIpc) is 2.94. The summed E-state index contributed by atoms with van der Waals surface area (Å²) in [4.78, 5) is 21.5. The van der Waals surface area contributed by atoms with E-state index in [9.17, 15) is 4.79 Å². The molecule has 0 radical (unpaired) electrons. The number of nitrogens with one attached hydrogen (secondary N) is 1. The summed E-state index contributed by atoms with van der Waals surface area (Å²) in [6.07, 6.45) is 2.80. The Bertz CT molecular complexity index is 982. The van der Waals surface area contributed by atoms with Crippen molar-refractivity contribution in [3.63, 3.8) is 0 Å². The van der Waals surface area contributed by atoms with E-state index in [0.29, 0.717) is 21.4 Å². The van der Waals surface area contributed by atoms with E-state index >= 15 is 0 Å². The van der Waals surface area contributed by atoms with Gasteiger partial charge >= 0.3 is 0 Å². The quantitative estimate of drug-likeness (QED) is 0.401. The van der Waals surface area contributed by atoms with E-state index in [0.717, 1.165) is 5.56 Å². The van der Waals surface area contributed by atoms with Crippen molar-refractivity contribution >= 4 is 41.0 Å². The zero-order valence-electron chi connectivity index (χ0n) is 12.6. The molecule has 1 N–H and O–H groups in total. The minimum absolute atomic E-state index is 0.154. The monoisotopic (exact) mass is 396 g/mol. The van der Waals surface area contributed by atoms with Gasteiger partial charge in [0.2, 0.25) is 0 Å². The third-order valence-electron chi connectivity index (χ3n) is 3.23. The molecule has 2 aromatic heterocycles. The lowest BCUT2D eigenvalue weighted by Gasteiger charge is -2.02. The molecule has 0 fully saturated rings. The van der Waals surface area contributed by atoms with E-state index in [1.165, 1.54) is 17.1 Å². The molecular weight excluding hydrogens is 387 g/mol. The van der Waals surface area contributed by atoms with Gasteiger partial charge in [0.1, 0.15) is 11.8 Å². The lowest BCUT2D eigenvalue weighted by molar-refractivity contribution is 0.132. The number of hydrogen-bond acceptors (Lipinski definition) is 4. The minimum Gasteiger partial charge on any atom is -0.391 e. The summed E-state index contributed by atoms with van der Waals surface area (Å²) in [5.41, 5.74) is 0.716. The molecular formula is C16H11Cl3N4O2. The minimum atomic E-state index is -0.327. The molecule has 9 heteroatoms. The van der Waals surface area contributed by atoms with Crippen LogP contribution in [0.1, 0.15) is 11.1 Å². The van der Waals surface area contributed by atoms with Crippen LogP contribution in [0.2, 0.25) is 15.2 Å². The van der Waals surface area contributed by atoms with E-state index in [-0.39, 0.29) is 17.3 Å². The van der Waals surface area contributed by atoms with E-state index in [2.05, 4.69) is 15.2 Å². The Hall–Kier alpha value is -2.28. The van der Waals surface area contributed by atoms with Crippen LogP contribution in [-0.4, -0.2) is 21.0 Å². The number of hydrogen-bond donors (Lipinski definition) is 1. The van der Waals surface area contributed by atoms with Crippen molar-refractivity contribution in [2.75, 3.05) is 0 Å². The molecule has 0 aliphatic carbocycles. The number of halogens is 3. The van der Waals surface area contributed by atoms with Crippen LogP contribution < -0.4 is 5.56 Å².